The highest BCUT2D eigenvalue weighted by molar-refractivity contribution is 5.89. The lowest BCUT2D eigenvalue weighted by atomic mass is 10.1. The van der Waals surface area contributed by atoms with Crippen LogP contribution in [0.15, 0.2) is 12.2 Å². The summed E-state index contributed by atoms with van der Waals surface area (Å²) < 4.78 is 5.51. The van der Waals surface area contributed by atoms with Gasteiger partial charge in [0.15, 0.2) is 5.78 Å². The summed E-state index contributed by atoms with van der Waals surface area (Å²) >= 11 is 0. The smallest absolute Gasteiger partial charge is 0.155 e. The van der Waals surface area contributed by atoms with E-state index in [0.29, 0.717) is 0 Å². The first-order valence-corrected chi connectivity index (χ1v) is 7.17. The second-order valence-electron chi connectivity index (χ2n) is 4.85. The van der Waals surface area contributed by atoms with Crippen molar-refractivity contribution in [1.29, 1.82) is 0 Å². The Labute approximate surface area is 105 Å². The van der Waals surface area contributed by atoms with Crippen molar-refractivity contribution in [3.63, 3.8) is 0 Å². The zero-order valence-corrected chi connectivity index (χ0v) is 11.0. The molecule has 1 rings (SSSR count). The number of hydrogen-bond donors (Lipinski definition) is 0. The Morgan fingerprint density at radius 3 is 2.24 bits per heavy atom. The van der Waals surface area contributed by atoms with Crippen LogP contribution < -0.4 is 0 Å². The van der Waals surface area contributed by atoms with E-state index in [2.05, 4.69) is 0 Å². The molecule has 0 fully saturated rings. The molecule has 0 atom stereocenters. The normalized spacial score (nSPS) is 24.4. The van der Waals surface area contributed by atoms with Crippen LogP contribution >= 0.6 is 0 Å². The van der Waals surface area contributed by atoms with Gasteiger partial charge in [0.05, 0.1) is 6.61 Å². The van der Waals surface area contributed by atoms with Crippen LogP contribution in [-0.2, 0) is 9.53 Å². The number of carbonyl (C=O) groups is 1. The number of hydrogen-bond acceptors (Lipinski definition) is 2. The van der Waals surface area contributed by atoms with E-state index in [4.69, 9.17) is 4.74 Å². The molecule has 0 N–H and O–H groups in total. The average molecular weight is 238 g/mol. The minimum absolute atomic E-state index is 0.275. The summed E-state index contributed by atoms with van der Waals surface area (Å²) in [7, 11) is 0. The van der Waals surface area contributed by atoms with E-state index in [1.807, 2.05) is 6.08 Å². The zero-order valence-electron chi connectivity index (χ0n) is 11.0. The molecule has 0 aromatic carbocycles. The molecule has 0 amide bonds. The molecule has 0 aromatic heterocycles. The molecular formula is C15H26O2. The van der Waals surface area contributed by atoms with Crippen LogP contribution in [0.2, 0.25) is 0 Å². The Morgan fingerprint density at radius 2 is 1.47 bits per heavy atom. The number of allylic oxidation sites excluding steroid dienone is 1. The van der Waals surface area contributed by atoms with Gasteiger partial charge in [-0.1, -0.05) is 44.6 Å². The average Bonchev–Trinajstić information content (AvgIpc) is 2.32. The second kappa shape index (κ2) is 10.5. The Kier molecular flexibility index (Phi) is 8.93. The minimum Gasteiger partial charge on any atom is -0.381 e. The van der Waals surface area contributed by atoms with Crippen LogP contribution in [-0.4, -0.2) is 19.0 Å². The molecule has 1 heterocycles. The number of ketones is 1. The van der Waals surface area contributed by atoms with Gasteiger partial charge in [-0.15, -0.1) is 0 Å². The van der Waals surface area contributed by atoms with Gasteiger partial charge in [0.1, 0.15) is 0 Å². The van der Waals surface area contributed by atoms with Gasteiger partial charge >= 0.3 is 0 Å². The van der Waals surface area contributed by atoms with Crippen molar-refractivity contribution >= 4 is 5.78 Å². The molecule has 2 heteroatoms. The molecular weight excluding hydrogens is 212 g/mol. The summed E-state index contributed by atoms with van der Waals surface area (Å²) in [5.41, 5.74) is 0. The SMILES string of the molecule is O=C1/C=C\CCOCCCCCCCCCC1. The molecule has 0 saturated heterocycles. The van der Waals surface area contributed by atoms with Crippen molar-refractivity contribution in [2.24, 2.45) is 0 Å². The van der Waals surface area contributed by atoms with Crippen molar-refractivity contribution in [2.75, 3.05) is 13.2 Å². The van der Waals surface area contributed by atoms with Crippen LogP contribution in [0.5, 0.6) is 0 Å². The topological polar surface area (TPSA) is 26.3 Å². The molecule has 0 unspecified atom stereocenters. The first-order valence-electron chi connectivity index (χ1n) is 7.17. The second-order valence-corrected chi connectivity index (χ2v) is 4.85. The van der Waals surface area contributed by atoms with E-state index in [0.717, 1.165) is 32.5 Å². The molecule has 98 valence electrons. The third-order valence-electron chi connectivity index (χ3n) is 3.19. The van der Waals surface area contributed by atoms with Crippen LogP contribution in [0, 0.1) is 0 Å². The molecule has 2 nitrogen and oxygen atoms in total. The van der Waals surface area contributed by atoms with E-state index in [1.165, 1.54) is 44.9 Å². The Hall–Kier alpha value is -0.630. The first kappa shape index (κ1) is 14.4. The van der Waals surface area contributed by atoms with Gasteiger partial charge in [-0.25, -0.2) is 0 Å². The lowest BCUT2D eigenvalue weighted by Crippen LogP contribution is -1.97. The highest BCUT2D eigenvalue weighted by Gasteiger charge is 1.98. The Balaban J connectivity index is 2.20. The summed E-state index contributed by atoms with van der Waals surface area (Å²) in [6.07, 6.45) is 15.3. The van der Waals surface area contributed by atoms with Crippen molar-refractivity contribution in [2.45, 2.75) is 64.2 Å². The van der Waals surface area contributed by atoms with Gasteiger partial charge in [0.25, 0.3) is 0 Å². The fourth-order valence-electron chi connectivity index (χ4n) is 2.12. The first-order chi connectivity index (χ1) is 8.39. The quantitative estimate of drug-likeness (QED) is 0.636. The highest BCUT2D eigenvalue weighted by atomic mass is 16.5. The van der Waals surface area contributed by atoms with E-state index in [9.17, 15) is 4.79 Å². The van der Waals surface area contributed by atoms with Crippen molar-refractivity contribution in [1.82, 2.24) is 0 Å². The fraction of sp³-hybridized carbons (Fsp3) is 0.800. The van der Waals surface area contributed by atoms with Gasteiger partial charge in [0, 0.05) is 13.0 Å². The standard InChI is InChI=1S/C15H26O2/c16-15-11-7-5-3-1-2-4-6-9-13-17-14-10-8-12-15/h8,12H,1-7,9-11,13-14H2/b12-8-. The molecule has 0 saturated carbocycles. The summed E-state index contributed by atoms with van der Waals surface area (Å²) in [6, 6.07) is 0. The number of carbonyl (C=O) groups excluding carboxylic acids is 1. The van der Waals surface area contributed by atoms with E-state index < -0.39 is 0 Å². The summed E-state index contributed by atoms with van der Waals surface area (Å²) in [6.45, 7) is 1.63. The van der Waals surface area contributed by atoms with E-state index in [-0.39, 0.29) is 5.78 Å². The van der Waals surface area contributed by atoms with Gasteiger partial charge in [-0.2, -0.15) is 0 Å². The summed E-state index contributed by atoms with van der Waals surface area (Å²) in [5, 5.41) is 0. The van der Waals surface area contributed by atoms with Crippen LogP contribution in [0.25, 0.3) is 0 Å². The zero-order chi connectivity index (χ0) is 12.2. The van der Waals surface area contributed by atoms with Gasteiger partial charge < -0.3 is 4.74 Å². The Morgan fingerprint density at radius 1 is 0.824 bits per heavy atom. The molecule has 1 aliphatic heterocycles. The monoisotopic (exact) mass is 238 g/mol. The molecule has 0 spiro atoms. The minimum atomic E-state index is 0.275. The molecule has 1 aliphatic rings. The molecule has 0 bridgehead atoms. The van der Waals surface area contributed by atoms with Crippen molar-refractivity contribution in [3.05, 3.63) is 12.2 Å². The number of ether oxygens (including phenoxy) is 1. The predicted molar refractivity (Wildman–Crippen MR) is 71.1 cm³/mol. The third-order valence-corrected chi connectivity index (χ3v) is 3.19. The maximum absolute atomic E-state index is 11.4. The van der Waals surface area contributed by atoms with Gasteiger partial charge in [-0.3, -0.25) is 4.79 Å². The third kappa shape index (κ3) is 9.11. The molecule has 17 heavy (non-hydrogen) atoms. The van der Waals surface area contributed by atoms with E-state index >= 15 is 0 Å². The van der Waals surface area contributed by atoms with E-state index in [1.54, 1.807) is 6.08 Å². The maximum Gasteiger partial charge on any atom is 0.155 e. The van der Waals surface area contributed by atoms with Gasteiger partial charge in [0.2, 0.25) is 0 Å². The largest absolute Gasteiger partial charge is 0.381 e. The molecule has 0 aliphatic carbocycles. The van der Waals surface area contributed by atoms with Crippen LogP contribution in [0.4, 0.5) is 0 Å². The predicted octanol–water partition coefficient (Wildman–Crippen LogP) is 4.04. The van der Waals surface area contributed by atoms with Crippen LogP contribution in [0.1, 0.15) is 64.2 Å². The molecule has 0 radical (unpaired) electrons. The lowest BCUT2D eigenvalue weighted by Gasteiger charge is -2.04. The molecule has 0 aromatic rings. The van der Waals surface area contributed by atoms with Crippen LogP contribution in [0.3, 0.4) is 0 Å². The Bertz CT molecular complexity index is 221. The summed E-state index contributed by atoms with van der Waals surface area (Å²) in [5.74, 6) is 0.275. The van der Waals surface area contributed by atoms with Crippen molar-refractivity contribution in [3.8, 4) is 0 Å². The number of rotatable bonds is 0. The van der Waals surface area contributed by atoms with Crippen molar-refractivity contribution < 1.29 is 9.53 Å². The van der Waals surface area contributed by atoms with Gasteiger partial charge in [-0.05, 0) is 25.3 Å². The lowest BCUT2D eigenvalue weighted by molar-refractivity contribution is -0.114. The highest BCUT2D eigenvalue weighted by Crippen LogP contribution is 2.10. The fourth-order valence-corrected chi connectivity index (χ4v) is 2.12. The maximum atomic E-state index is 11.4. The summed E-state index contributed by atoms with van der Waals surface area (Å²) in [4.78, 5) is 11.4.